The molecule has 3 unspecified atom stereocenters. The first-order valence-electron chi connectivity index (χ1n) is 5.40. The SMILES string of the molecule is CC1C2CC3CC(C2)CC1(O)C3. The Morgan fingerprint density at radius 2 is 1.67 bits per heavy atom. The maximum Gasteiger partial charge on any atom is 0.0681 e. The molecule has 4 bridgehead atoms. The van der Waals surface area contributed by atoms with Gasteiger partial charge in [-0.1, -0.05) is 6.92 Å². The van der Waals surface area contributed by atoms with Gasteiger partial charge in [0.1, 0.15) is 0 Å². The van der Waals surface area contributed by atoms with Crippen LogP contribution in [0.3, 0.4) is 0 Å². The Morgan fingerprint density at radius 1 is 1.08 bits per heavy atom. The molecule has 0 aromatic rings. The number of rotatable bonds is 0. The zero-order chi connectivity index (χ0) is 8.34. The predicted octanol–water partition coefficient (Wildman–Crippen LogP) is 2.19. The van der Waals surface area contributed by atoms with Gasteiger partial charge in [0.25, 0.3) is 0 Å². The van der Waals surface area contributed by atoms with Gasteiger partial charge in [-0.15, -0.1) is 0 Å². The molecule has 0 amide bonds. The van der Waals surface area contributed by atoms with Gasteiger partial charge in [-0.05, 0) is 55.8 Å². The first kappa shape index (κ1) is 7.37. The fourth-order valence-corrected chi connectivity index (χ4v) is 4.25. The van der Waals surface area contributed by atoms with Crippen LogP contribution >= 0.6 is 0 Å². The van der Waals surface area contributed by atoms with E-state index in [1.54, 1.807) is 0 Å². The van der Waals surface area contributed by atoms with E-state index in [-0.39, 0.29) is 5.60 Å². The van der Waals surface area contributed by atoms with Gasteiger partial charge in [-0.3, -0.25) is 0 Å². The Kier molecular flexibility index (Phi) is 1.27. The maximum absolute atomic E-state index is 10.4. The molecule has 0 spiro atoms. The van der Waals surface area contributed by atoms with E-state index in [0.29, 0.717) is 5.92 Å². The van der Waals surface area contributed by atoms with Crippen molar-refractivity contribution in [3.8, 4) is 0 Å². The van der Waals surface area contributed by atoms with Gasteiger partial charge in [-0.2, -0.15) is 0 Å². The standard InChI is InChI=1S/C11H18O/c1-7-10-3-8-2-9(4-10)6-11(7,12)5-8/h7-10,12H,2-6H2,1H3. The van der Waals surface area contributed by atoms with Crippen LogP contribution in [-0.2, 0) is 0 Å². The van der Waals surface area contributed by atoms with Crippen molar-refractivity contribution >= 4 is 0 Å². The molecule has 0 heterocycles. The molecule has 12 heavy (non-hydrogen) atoms. The van der Waals surface area contributed by atoms with Crippen LogP contribution in [0.15, 0.2) is 0 Å². The third kappa shape index (κ3) is 0.783. The number of hydrogen-bond donors (Lipinski definition) is 1. The minimum Gasteiger partial charge on any atom is -0.390 e. The molecule has 0 aromatic heterocycles. The summed E-state index contributed by atoms with van der Waals surface area (Å²) in [6, 6.07) is 0. The second-order valence-electron chi connectivity index (χ2n) is 5.50. The van der Waals surface area contributed by atoms with E-state index in [1.165, 1.54) is 19.3 Å². The molecule has 4 aliphatic carbocycles. The Balaban J connectivity index is 1.97. The van der Waals surface area contributed by atoms with Gasteiger partial charge < -0.3 is 5.11 Å². The Morgan fingerprint density at radius 3 is 2.17 bits per heavy atom. The number of hydrogen-bond acceptors (Lipinski definition) is 1. The van der Waals surface area contributed by atoms with Gasteiger partial charge in [0.05, 0.1) is 5.60 Å². The molecule has 0 radical (unpaired) electrons. The van der Waals surface area contributed by atoms with Crippen LogP contribution in [0.2, 0.25) is 0 Å². The van der Waals surface area contributed by atoms with Crippen molar-refractivity contribution in [1.82, 2.24) is 0 Å². The van der Waals surface area contributed by atoms with E-state index in [2.05, 4.69) is 6.92 Å². The Labute approximate surface area is 74.2 Å². The summed E-state index contributed by atoms with van der Waals surface area (Å²) in [6.07, 6.45) is 6.48. The zero-order valence-electron chi connectivity index (χ0n) is 7.79. The van der Waals surface area contributed by atoms with Crippen LogP contribution in [0.25, 0.3) is 0 Å². The zero-order valence-corrected chi connectivity index (χ0v) is 7.79. The fourth-order valence-electron chi connectivity index (χ4n) is 4.25. The summed E-state index contributed by atoms with van der Waals surface area (Å²) in [5.74, 6) is 3.21. The lowest BCUT2D eigenvalue weighted by Gasteiger charge is -2.58. The van der Waals surface area contributed by atoms with E-state index < -0.39 is 0 Å². The van der Waals surface area contributed by atoms with Crippen molar-refractivity contribution in [2.75, 3.05) is 0 Å². The lowest BCUT2D eigenvalue weighted by atomic mass is 9.50. The van der Waals surface area contributed by atoms with Crippen LogP contribution in [0.5, 0.6) is 0 Å². The molecule has 4 fully saturated rings. The smallest absolute Gasteiger partial charge is 0.0681 e. The molecule has 4 aliphatic rings. The molecule has 4 saturated carbocycles. The van der Waals surface area contributed by atoms with Gasteiger partial charge in [0.2, 0.25) is 0 Å². The lowest BCUT2D eigenvalue weighted by molar-refractivity contribution is -0.165. The fraction of sp³-hybridized carbons (Fsp3) is 1.00. The first-order valence-corrected chi connectivity index (χ1v) is 5.40. The van der Waals surface area contributed by atoms with Crippen molar-refractivity contribution in [3.63, 3.8) is 0 Å². The van der Waals surface area contributed by atoms with E-state index in [0.717, 1.165) is 30.6 Å². The van der Waals surface area contributed by atoms with Crippen LogP contribution in [0, 0.1) is 23.7 Å². The summed E-state index contributed by atoms with van der Waals surface area (Å²) in [4.78, 5) is 0. The summed E-state index contributed by atoms with van der Waals surface area (Å²) in [5, 5.41) is 10.4. The second kappa shape index (κ2) is 2.06. The molecular formula is C11H18O. The Bertz CT molecular complexity index is 197. The van der Waals surface area contributed by atoms with Crippen molar-refractivity contribution in [3.05, 3.63) is 0 Å². The summed E-state index contributed by atoms with van der Waals surface area (Å²) < 4.78 is 0. The van der Waals surface area contributed by atoms with E-state index >= 15 is 0 Å². The largest absolute Gasteiger partial charge is 0.390 e. The molecule has 1 nitrogen and oxygen atoms in total. The molecule has 0 saturated heterocycles. The molecule has 1 N–H and O–H groups in total. The van der Waals surface area contributed by atoms with Crippen LogP contribution in [-0.4, -0.2) is 10.7 Å². The first-order chi connectivity index (χ1) is 5.67. The predicted molar refractivity (Wildman–Crippen MR) is 47.7 cm³/mol. The van der Waals surface area contributed by atoms with Gasteiger partial charge >= 0.3 is 0 Å². The second-order valence-corrected chi connectivity index (χ2v) is 5.50. The molecular weight excluding hydrogens is 148 g/mol. The molecule has 0 aliphatic heterocycles. The van der Waals surface area contributed by atoms with Crippen LogP contribution in [0.1, 0.15) is 39.0 Å². The van der Waals surface area contributed by atoms with E-state index in [9.17, 15) is 5.11 Å². The monoisotopic (exact) mass is 166 g/mol. The molecule has 0 aromatic carbocycles. The Hall–Kier alpha value is -0.0400. The normalized spacial score (nSPS) is 62.5. The average Bonchev–Trinajstić information content (AvgIpc) is 1.98. The lowest BCUT2D eigenvalue weighted by Crippen LogP contribution is -2.56. The van der Waals surface area contributed by atoms with Gasteiger partial charge in [0.15, 0.2) is 0 Å². The highest BCUT2D eigenvalue weighted by atomic mass is 16.3. The van der Waals surface area contributed by atoms with Crippen molar-refractivity contribution < 1.29 is 5.11 Å². The van der Waals surface area contributed by atoms with Gasteiger partial charge in [0, 0.05) is 0 Å². The van der Waals surface area contributed by atoms with Gasteiger partial charge in [-0.25, -0.2) is 0 Å². The van der Waals surface area contributed by atoms with Crippen molar-refractivity contribution in [1.29, 1.82) is 0 Å². The summed E-state index contributed by atoms with van der Waals surface area (Å²) in [5.41, 5.74) is -0.241. The van der Waals surface area contributed by atoms with E-state index in [4.69, 9.17) is 0 Å². The third-order valence-corrected chi connectivity index (χ3v) is 4.78. The summed E-state index contributed by atoms with van der Waals surface area (Å²) in [7, 11) is 0. The summed E-state index contributed by atoms with van der Waals surface area (Å²) in [6.45, 7) is 2.27. The highest BCUT2D eigenvalue weighted by Gasteiger charge is 2.54. The van der Waals surface area contributed by atoms with Crippen LogP contribution in [0.4, 0.5) is 0 Å². The maximum atomic E-state index is 10.4. The minimum absolute atomic E-state index is 0.241. The third-order valence-electron chi connectivity index (χ3n) is 4.78. The quantitative estimate of drug-likeness (QED) is 0.585. The van der Waals surface area contributed by atoms with Crippen molar-refractivity contribution in [2.45, 2.75) is 44.6 Å². The molecule has 68 valence electrons. The topological polar surface area (TPSA) is 20.2 Å². The highest BCUT2D eigenvalue weighted by Crippen LogP contribution is 2.58. The average molecular weight is 166 g/mol. The molecule has 1 heteroatoms. The molecule has 3 atom stereocenters. The van der Waals surface area contributed by atoms with Crippen molar-refractivity contribution in [2.24, 2.45) is 23.7 Å². The number of aliphatic hydroxyl groups is 1. The van der Waals surface area contributed by atoms with E-state index in [1.807, 2.05) is 0 Å². The molecule has 4 rings (SSSR count). The highest BCUT2D eigenvalue weighted by molar-refractivity contribution is 5.05. The minimum atomic E-state index is -0.241. The van der Waals surface area contributed by atoms with Crippen LogP contribution < -0.4 is 0 Å². The summed E-state index contributed by atoms with van der Waals surface area (Å²) >= 11 is 0.